The SMILES string of the molecule is COC(=O)c1ccc2cccc(-c3cncc(F)c3)c2c1. The minimum Gasteiger partial charge on any atom is -0.465 e. The van der Waals surface area contributed by atoms with Crippen molar-refractivity contribution in [2.45, 2.75) is 0 Å². The number of carbonyl (C=O) groups excluding carboxylic acids is 1. The number of benzene rings is 2. The summed E-state index contributed by atoms with van der Waals surface area (Å²) in [6.45, 7) is 0. The van der Waals surface area contributed by atoms with Crippen LogP contribution in [-0.4, -0.2) is 18.1 Å². The molecule has 3 aromatic rings. The fraction of sp³-hybridized carbons (Fsp3) is 0.0588. The summed E-state index contributed by atoms with van der Waals surface area (Å²) in [6.07, 6.45) is 2.76. The molecule has 0 aliphatic heterocycles. The molecular formula is C17H12FNO2. The van der Waals surface area contributed by atoms with Gasteiger partial charge in [0.15, 0.2) is 0 Å². The van der Waals surface area contributed by atoms with Gasteiger partial charge < -0.3 is 4.74 Å². The normalized spacial score (nSPS) is 10.6. The van der Waals surface area contributed by atoms with E-state index in [2.05, 4.69) is 4.98 Å². The van der Waals surface area contributed by atoms with E-state index in [1.807, 2.05) is 24.3 Å². The minimum atomic E-state index is -0.399. The Bertz CT molecular complexity index is 830. The second-order valence-corrected chi connectivity index (χ2v) is 4.62. The van der Waals surface area contributed by atoms with E-state index >= 15 is 0 Å². The Morgan fingerprint density at radius 2 is 2.00 bits per heavy atom. The number of esters is 1. The molecule has 3 rings (SSSR count). The molecule has 0 saturated carbocycles. The van der Waals surface area contributed by atoms with E-state index in [1.54, 1.807) is 18.3 Å². The van der Waals surface area contributed by atoms with Gasteiger partial charge >= 0.3 is 5.97 Å². The number of rotatable bonds is 2. The maximum absolute atomic E-state index is 13.4. The van der Waals surface area contributed by atoms with Crippen LogP contribution in [0.5, 0.6) is 0 Å². The lowest BCUT2D eigenvalue weighted by Crippen LogP contribution is -2.00. The second kappa shape index (κ2) is 5.32. The highest BCUT2D eigenvalue weighted by molar-refractivity contribution is 6.01. The number of halogens is 1. The van der Waals surface area contributed by atoms with E-state index in [1.165, 1.54) is 13.2 Å². The van der Waals surface area contributed by atoms with Gasteiger partial charge in [-0.3, -0.25) is 4.98 Å². The van der Waals surface area contributed by atoms with Crippen LogP contribution < -0.4 is 0 Å². The summed E-state index contributed by atoms with van der Waals surface area (Å²) in [6, 6.07) is 12.4. The van der Waals surface area contributed by atoms with Crippen LogP contribution in [0.3, 0.4) is 0 Å². The first-order valence-electron chi connectivity index (χ1n) is 6.41. The fourth-order valence-corrected chi connectivity index (χ4v) is 2.33. The van der Waals surface area contributed by atoms with E-state index in [-0.39, 0.29) is 0 Å². The van der Waals surface area contributed by atoms with Crippen LogP contribution in [0.25, 0.3) is 21.9 Å². The van der Waals surface area contributed by atoms with Crippen LogP contribution in [0.4, 0.5) is 4.39 Å². The molecule has 0 atom stereocenters. The topological polar surface area (TPSA) is 39.2 Å². The maximum Gasteiger partial charge on any atom is 0.337 e. The number of methoxy groups -OCH3 is 1. The zero-order valence-corrected chi connectivity index (χ0v) is 11.3. The molecule has 104 valence electrons. The van der Waals surface area contributed by atoms with Gasteiger partial charge in [0.05, 0.1) is 18.9 Å². The lowest BCUT2D eigenvalue weighted by Gasteiger charge is -2.08. The Morgan fingerprint density at radius 3 is 2.76 bits per heavy atom. The van der Waals surface area contributed by atoms with Crippen molar-refractivity contribution in [3.63, 3.8) is 0 Å². The average Bonchev–Trinajstić information content (AvgIpc) is 2.53. The molecule has 4 heteroatoms. The van der Waals surface area contributed by atoms with Crippen molar-refractivity contribution in [2.24, 2.45) is 0 Å². The van der Waals surface area contributed by atoms with Crippen LogP contribution >= 0.6 is 0 Å². The summed E-state index contributed by atoms with van der Waals surface area (Å²) in [5, 5.41) is 1.82. The lowest BCUT2D eigenvalue weighted by atomic mass is 9.98. The van der Waals surface area contributed by atoms with Crippen molar-refractivity contribution in [3.8, 4) is 11.1 Å². The highest BCUT2D eigenvalue weighted by Crippen LogP contribution is 2.29. The first-order valence-corrected chi connectivity index (χ1v) is 6.41. The van der Waals surface area contributed by atoms with Crippen LogP contribution in [-0.2, 0) is 4.74 Å². The summed E-state index contributed by atoms with van der Waals surface area (Å²) in [5.41, 5.74) is 1.95. The molecule has 2 aromatic carbocycles. The monoisotopic (exact) mass is 281 g/mol. The summed E-state index contributed by atoms with van der Waals surface area (Å²) in [5.74, 6) is -0.794. The fourth-order valence-electron chi connectivity index (χ4n) is 2.33. The maximum atomic E-state index is 13.4. The van der Waals surface area contributed by atoms with Crippen molar-refractivity contribution in [3.05, 3.63) is 66.2 Å². The smallest absolute Gasteiger partial charge is 0.337 e. The quantitative estimate of drug-likeness (QED) is 0.670. The molecule has 0 spiro atoms. The molecule has 0 aliphatic carbocycles. The molecule has 0 N–H and O–H groups in total. The number of pyridine rings is 1. The van der Waals surface area contributed by atoms with Crippen LogP contribution in [0, 0.1) is 5.82 Å². The van der Waals surface area contributed by atoms with Crippen molar-refractivity contribution in [1.29, 1.82) is 0 Å². The average molecular weight is 281 g/mol. The second-order valence-electron chi connectivity index (χ2n) is 4.62. The van der Waals surface area contributed by atoms with Crippen LogP contribution in [0.1, 0.15) is 10.4 Å². The van der Waals surface area contributed by atoms with E-state index in [9.17, 15) is 9.18 Å². The number of hydrogen-bond donors (Lipinski definition) is 0. The van der Waals surface area contributed by atoms with Crippen molar-refractivity contribution < 1.29 is 13.9 Å². The van der Waals surface area contributed by atoms with Gasteiger partial charge in [-0.05, 0) is 34.5 Å². The summed E-state index contributed by atoms with van der Waals surface area (Å²) < 4.78 is 18.1. The van der Waals surface area contributed by atoms with Crippen molar-refractivity contribution in [2.75, 3.05) is 7.11 Å². The molecule has 0 radical (unpaired) electrons. The van der Waals surface area contributed by atoms with Crippen molar-refractivity contribution >= 4 is 16.7 Å². The number of fused-ring (bicyclic) bond motifs is 1. The molecule has 21 heavy (non-hydrogen) atoms. The van der Waals surface area contributed by atoms with Gasteiger partial charge in [0.25, 0.3) is 0 Å². The van der Waals surface area contributed by atoms with Crippen LogP contribution in [0.15, 0.2) is 54.9 Å². The van der Waals surface area contributed by atoms with Gasteiger partial charge in [-0.15, -0.1) is 0 Å². The third-order valence-electron chi connectivity index (χ3n) is 3.32. The first-order chi connectivity index (χ1) is 10.2. The summed E-state index contributed by atoms with van der Waals surface area (Å²) in [4.78, 5) is 15.5. The van der Waals surface area contributed by atoms with E-state index in [0.29, 0.717) is 11.1 Å². The molecule has 1 aromatic heterocycles. The zero-order chi connectivity index (χ0) is 14.8. The molecule has 0 aliphatic rings. The number of nitrogens with zero attached hydrogens (tertiary/aromatic N) is 1. The van der Waals surface area contributed by atoms with E-state index in [4.69, 9.17) is 4.74 Å². The van der Waals surface area contributed by atoms with Gasteiger partial charge in [0.2, 0.25) is 0 Å². The zero-order valence-electron chi connectivity index (χ0n) is 11.3. The standard InChI is InChI=1S/C17H12FNO2/c1-21-17(20)12-6-5-11-3-2-4-15(16(11)8-12)13-7-14(18)10-19-9-13/h2-10H,1H3. The highest BCUT2D eigenvalue weighted by Gasteiger charge is 2.10. The van der Waals surface area contributed by atoms with Gasteiger partial charge in [-0.25, -0.2) is 9.18 Å². The third-order valence-corrected chi connectivity index (χ3v) is 3.32. The molecular weight excluding hydrogens is 269 g/mol. The van der Waals surface area contributed by atoms with Crippen molar-refractivity contribution in [1.82, 2.24) is 4.98 Å². The molecule has 0 unspecified atom stereocenters. The molecule has 0 fully saturated rings. The van der Waals surface area contributed by atoms with Gasteiger partial charge in [0, 0.05) is 11.8 Å². The first kappa shape index (κ1) is 13.2. The highest BCUT2D eigenvalue weighted by atomic mass is 19.1. The van der Waals surface area contributed by atoms with Crippen LogP contribution in [0.2, 0.25) is 0 Å². The Labute approximate surface area is 121 Å². The summed E-state index contributed by atoms with van der Waals surface area (Å²) in [7, 11) is 1.34. The Balaban J connectivity index is 2.25. The molecule has 0 bridgehead atoms. The third kappa shape index (κ3) is 2.48. The predicted octanol–water partition coefficient (Wildman–Crippen LogP) is 3.83. The van der Waals surface area contributed by atoms with Gasteiger partial charge in [-0.1, -0.05) is 24.3 Å². The summed E-state index contributed by atoms with van der Waals surface area (Å²) >= 11 is 0. The molecule has 3 nitrogen and oxygen atoms in total. The molecule has 0 saturated heterocycles. The van der Waals surface area contributed by atoms with E-state index < -0.39 is 11.8 Å². The number of ether oxygens (including phenoxy) is 1. The number of carbonyl (C=O) groups is 1. The lowest BCUT2D eigenvalue weighted by molar-refractivity contribution is 0.0601. The Morgan fingerprint density at radius 1 is 1.14 bits per heavy atom. The predicted molar refractivity (Wildman–Crippen MR) is 78.5 cm³/mol. The Hall–Kier alpha value is -2.75. The number of hydrogen-bond acceptors (Lipinski definition) is 3. The molecule has 0 amide bonds. The number of aromatic nitrogens is 1. The molecule has 1 heterocycles. The van der Waals surface area contributed by atoms with E-state index in [0.717, 1.165) is 22.5 Å². The van der Waals surface area contributed by atoms with Gasteiger partial charge in [-0.2, -0.15) is 0 Å². The van der Waals surface area contributed by atoms with Gasteiger partial charge in [0.1, 0.15) is 5.82 Å². The Kier molecular flexibility index (Phi) is 3.36. The largest absolute Gasteiger partial charge is 0.465 e. The minimum absolute atomic E-state index is 0.395.